The summed E-state index contributed by atoms with van der Waals surface area (Å²) in [4.78, 5) is 4.40. The lowest BCUT2D eigenvalue weighted by molar-refractivity contribution is 0.329. The Kier molecular flexibility index (Phi) is 6.54. The highest BCUT2D eigenvalue weighted by atomic mass is 79.9. The number of hydrogen-bond acceptors (Lipinski definition) is 8. The van der Waals surface area contributed by atoms with Crippen molar-refractivity contribution in [2.24, 2.45) is 5.73 Å². The molecule has 1 fully saturated rings. The van der Waals surface area contributed by atoms with Gasteiger partial charge in [0.05, 0.1) is 23.3 Å². The van der Waals surface area contributed by atoms with Gasteiger partial charge in [0.25, 0.3) is 0 Å². The molecule has 6 N–H and O–H groups in total. The number of rotatable bonds is 8. The van der Waals surface area contributed by atoms with E-state index in [1.54, 1.807) is 10.9 Å². The van der Waals surface area contributed by atoms with E-state index in [0.29, 0.717) is 35.4 Å². The lowest BCUT2D eigenvalue weighted by Gasteiger charge is -2.23. The Morgan fingerprint density at radius 3 is 2.89 bits per heavy atom. The molecular weight excluding hydrogens is 410 g/mol. The molecule has 10 heteroatoms. The van der Waals surface area contributed by atoms with Crippen molar-refractivity contribution >= 4 is 32.6 Å². The largest absolute Gasteiger partial charge is 0.399 e. The zero-order chi connectivity index (χ0) is 19.2. The van der Waals surface area contributed by atoms with Gasteiger partial charge in [-0.2, -0.15) is 4.98 Å². The van der Waals surface area contributed by atoms with Crippen molar-refractivity contribution in [2.45, 2.75) is 18.9 Å². The van der Waals surface area contributed by atoms with E-state index >= 15 is 0 Å². The SMILES string of the molecule is C=Cn1nc(NC2=CN(C/C(N)=C/NC3CCNCC3)NC2)nc1C(=C)Br. The molecule has 0 amide bonds. The lowest BCUT2D eigenvalue weighted by atomic mass is 10.1. The average Bonchev–Trinajstić information content (AvgIpc) is 3.28. The molecule has 146 valence electrons. The fraction of sp³-hybridized carbons (Fsp3) is 0.412. The van der Waals surface area contributed by atoms with E-state index in [1.807, 2.05) is 17.4 Å². The van der Waals surface area contributed by atoms with Crippen LogP contribution in [-0.4, -0.2) is 52.0 Å². The molecule has 1 aromatic heterocycles. The molecule has 2 aliphatic rings. The van der Waals surface area contributed by atoms with Gasteiger partial charge in [-0.3, -0.25) is 0 Å². The Hall–Kier alpha value is -2.30. The van der Waals surface area contributed by atoms with Gasteiger partial charge in [-0.05, 0) is 41.9 Å². The first-order valence-electron chi connectivity index (χ1n) is 8.88. The molecule has 9 nitrogen and oxygen atoms in total. The lowest BCUT2D eigenvalue weighted by Crippen LogP contribution is -2.38. The van der Waals surface area contributed by atoms with Gasteiger partial charge in [0, 0.05) is 30.3 Å². The van der Waals surface area contributed by atoms with Crippen molar-refractivity contribution in [1.29, 1.82) is 0 Å². The molecule has 3 heterocycles. The zero-order valence-electron chi connectivity index (χ0n) is 15.2. The number of nitrogens with zero attached hydrogens (tertiary/aromatic N) is 4. The van der Waals surface area contributed by atoms with Crippen LogP contribution in [0.25, 0.3) is 10.7 Å². The van der Waals surface area contributed by atoms with Crippen molar-refractivity contribution in [3.8, 4) is 0 Å². The topological polar surface area (TPSA) is 108 Å². The third-order valence-electron chi connectivity index (χ3n) is 4.30. The van der Waals surface area contributed by atoms with Crippen molar-refractivity contribution in [1.82, 2.24) is 35.8 Å². The fourth-order valence-corrected chi connectivity index (χ4v) is 3.20. The zero-order valence-corrected chi connectivity index (χ0v) is 16.8. The summed E-state index contributed by atoms with van der Waals surface area (Å²) in [5, 5.41) is 16.2. The third kappa shape index (κ3) is 5.34. The quantitative estimate of drug-likeness (QED) is 0.410. The minimum Gasteiger partial charge on any atom is -0.399 e. The van der Waals surface area contributed by atoms with Gasteiger partial charge in [-0.25, -0.2) is 10.1 Å². The van der Waals surface area contributed by atoms with Crippen molar-refractivity contribution in [2.75, 3.05) is 31.5 Å². The van der Waals surface area contributed by atoms with Gasteiger partial charge in [-0.1, -0.05) is 13.2 Å². The first-order chi connectivity index (χ1) is 13.0. The van der Waals surface area contributed by atoms with Crippen molar-refractivity contribution in [3.63, 3.8) is 0 Å². The van der Waals surface area contributed by atoms with Crippen LogP contribution < -0.4 is 27.1 Å². The minimum absolute atomic E-state index is 0.483. The molecule has 1 aromatic rings. The number of nitrogens with one attached hydrogen (secondary N) is 4. The molecule has 0 atom stereocenters. The molecule has 0 aromatic carbocycles. The van der Waals surface area contributed by atoms with E-state index in [1.165, 1.54) is 0 Å². The van der Waals surface area contributed by atoms with Gasteiger partial charge in [-0.15, -0.1) is 5.10 Å². The number of hydrogen-bond donors (Lipinski definition) is 5. The van der Waals surface area contributed by atoms with Crippen molar-refractivity contribution < 1.29 is 0 Å². The average molecular weight is 436 g/mol. The molecule has 1 saturated heterocycles. The van der Waals surface area contributed by atoms with Crippen LogP contribution in [0.3, 0.4) is 0 Å². The number of piperidine rings is 1. The van der Waals surface area contributed by atoms with Crippen LogP contribution in [0.2, 0.25) is 0 Å². The predicted molar refractivity (Wildman–Crippen MR) is 112 cm³/mol. The second-order valence-electron chi connectivity index (χ2n) is 6.44. The van der Waals surface area contributed by atoms with Crippen LogP contribution in [0.1, 0.15) is 18.7 Å². The van der Waals surface area contributed by atoms with Gasteiger partial charge in [0.2, 0.25) is 5.95 Å². The van der Waals surface area contributed by atoms with Gasteiger partial charge in [0.15, 0.2) is 5.82 Å². The highest BCUT2D eigenvalue weighted by Crippen LogP contribution is 2.19. The predicted octanol–water partition coefficient (Wildman–Crippen LogP) is 0.959. The monoisotopic (exact) mass is 435 g/mol. The van der Waals surface area contributed by atoms with Crippen LogP contribution >= 0.6 is 15.9 Å². The molecule has 0 radical (unpaired) electrons. The first-order valence-corrected chi connectivity index (χ1v) is 9.67. The van der Waals surface area contributed by atoms with Crippen LogP contribution in [0.4, 0.5) is 5.95 Å². The Morgan fingerprint density at radius 2 is 2.22 bits per heavy atom. The normalized spacial score (nSPS) is 18.3. The highest BCUT2D eigenvalue weighted by molar-refractivity contribution is 9.15. The third-order valence-corrected chi connectivity index (χ3v) is 4.65. The molecule has 3 rings (SSSR count). The summed E-state index contributed by atoms with van der Waals surface area (Å²) in [7, 11) is 0. The van der Waals surface area contributed by atoms with E-state index in [-0.39, 0.29) is 0 Å². The summed E-state index contributed by atoms with van der Waals surface area (Å²) in [6.45, 7) is 10.9. The Morgan fingerprint density at radius 1 is 1.44 bits per heavy atom. The summed E-state index contributed by atoms with van der Waals surface area (Å²) < 4.78 is 2.20. The van der Waals surface area contributed by atoms with Gasteiger partial charge >= 0.3 is 0 Å². The number of aromatic nitrogens is 3. The maximum Gasteiger partial charge on any atom is 0.247 e. The molecule has 2 aliphatic heterocycles. The molecule has 0 spiro atoms. The molecule has 0 aliphatic carbocycles. The van der Waals surface area contributed by atoms with Crippen LogP contribution in [-0.2, 0) is 0 Å². The molecule has 27 heavy (non-hydrogen) atoms. The molecule has 0 unspecified atom stereocenters. The second kappa shape index (κ2) is 9.07. The number of nitrogens with two attached hydrogens (primary N) is 1. The number of hydrazine groups is 1. The smallest absolute Gasteiger partial charge is 0.247 e. The summed E-state index contributed by atoms with van der Waals surface area (Å²) in [5.74, 6) is 1.09. The maximum atomic E-state index is 6.14. The number of anilines is 1. The first kappa shape index (κ1) is 19.5. The van der Waals surface area contributed by atoms with E-state index in [2.05, 4.69) is 60.5 Å². The van der Waals surface area contributed by atoms with Crippen LogP contribution in [0.15, 0.2) is 37.0 Å². The van der Waals surface area contributed by atoms with E-state index in [4.69, 9.17) is 5.73 Å². The van der Waals surface area contributed by atoms with Crippen LogP contribution in [0, 0.1) is 0 Å². The fourth-order valence-electron chi connectivity index (χ4n) is 2.93. The summed E-state index contributed by atoms with van der Waals surface area (Å²) in [6, 6.07) is 0.494. The van der Waals surface area contributed by atoms with Gasteiger partial charge in [0.1, 0.15) is 0 Å². The summed E-state index contributed by atoms with van der Waals surface area (Å²) >= 11 is 3.32. The summed E-state index contributed by atoms with van der Waals surface area (Å²) in [5.41, 5.74) is 11.1. The minimum atomic E-state index is 0.483. The second-order valence-corrected chi connectivity index (χ2v) is 7.40. The highest BCUT2D eigenvalue weighted by Gasteiger charge is 2.16. The molecule has 0 bridgehead atoms. The Balaban J connectivity index is 1.53. The molecular formula is C17H26BrN9. The Labute approximate surface area is 167 Å². The van der Waals surface area contributed by atoms with E-state index in [9.17, 15) is 0 Å². The van der Waals surface area contributed by atoms with Gasteiger partial charge < -0.3 is 26.7 Å². The van der Waals surface area contributed by atoms with Crippen LogP contribution in [0.5, 0.6) is 0 Å². The standard InChI is InChI=1S/C17H26BrN9/c1-3-27-16(12(2)18)24-17(25-27)23-15-9-22-26(11-15)10-13(19)8-21-14-4-6-20-7-5-14/h3,8,11,14,20-22H,1-2,4-7,9-10,19H2,(H,23,25)/b13-8-. The van der Waals surface area contributed by atoms with E-state index in [0.717, 1.165) is 37.3 Å². The Bertz CT molecular complexity index is 746. The summed E-state index contributed by atoms with van der Waals surface area (Å²) in [6.07, 6.45) is 7.69. The van der Waals surface area contributed by atoms with E-state index < -0.39 is 0 Å². The molecule has 0 saturated carbocycles. The number of halogens is 1. The van der Waals surface area contributed by atoms with Crippen molar-refractivity contribution in [3.05, 3.63) is 42.8 Å². The maximum absolute atomic E-state index is 6.14.